The lowest BCUT2D eigenvalue weighted by Gasteiger charge is -2.33. The molecule has 0 saturated carbocycles. The lowest BCUT2D eigenvalue weighted by atomic mass is 9.91. The lowest BCUT2D eigenvalue weighted by molar-refractivity contribution is 0.412. The highest BCUT2D eigenvalue weighted by molar-refractivity contribution is 6.15. The van der Waals surface area contributed by atoms with E-state index in [1.165, 1.54) is 0 Å². The van der Waals surface area contributed by atoms with E-state index < -0.39 is 6.17 Å². The summed E-state index contributed by atoms with van der Waals surface area (Å²) < 4.78 is 12.8. The number of nitrogens with one attached hydrogen (secondary N) is 2. The molecule has 0 spiro atoms. The standard InChI is InChI=1S/C46H30N4O2/c1-2-12-27(13-3-1)43-48-44(33-19-11-22-39-42(33)32-17-7-9-21-38(32)51-39)50-45(49-43)35-25-29-15-5-4-14-28(29)24-34(35)31-18-10-23-40-41(31)36-26-30-16-6-8-20-37(30)47-46(36)52-40/h1-26,44-45,50H,(H,48,49). The van der Waals surface area contributed by atoms with Crippen LogP contribution in [0.25, 0.3) is 76.8 Å². The van der Waals surface area contributed by atoms with Crippen molar-refractivity contribution in [2.45, 2.75) is 12.3 Å². The van der Waals surface area contributed by atoms with Crippen LogP contribution in [0.1, 0.15) is 29.0 Å². The van der Waals surface area contributed by atoms with Gasteiger partial charge in [-0.2, -0.15) is 0 Å². The fourth-order valence-electron chi connectivity index (χ4n) is 7.96. The van der Waals surface area contributed by atoms with Crippen molar-refractivity contribution < 1.29 is 8.83 Å². The van der Waals surface area contributed by atoms with Gasteiger partial charge in [0.2, 0.25) is 5.71 Å². The predicted molar refractivity (Wildman–Crippen MR) is 210 cm³/mol. The van der Waals surface area contributed by atoms with E-state index in [1.54, 1.807) is 0 Å². The van der Waals surface area contributed by atoms with Crippen molar-refractivity contribution >= 4 is 71.5 Å². The minimum atomic E-state index is -0.401. The second-order valence-corrected chi connectivity index (χ2v) is 13.4. The van der Waals surface area contributed by atoms with Crippen molar-refractivity contribution in [3.8, 4) is 11.1 Å². The Morgan fingerprint density at radius 2 is 1.21 bits per heavy atom. The molecule has 11 rings (SSSR count). The fourth-order valence-corrected chi connectivity index (χ4v) is 7.96. The van der Waals surface area contributed by atoms with E-state index in [4.69, 9.17) is 18.8 Å². The average molecular weight is 671 g/mol. The van der Waals surface area contributed by atoms with Crippen LogP contribution < -0.4 is 10.6 Å². The van der Waals surface area contributed by atoms with Crippen LogP contribution in [-0.4, -0.2) is 10.8 Å². The molecule has 2 unspecified atom stereocenters. The molecular formula is C46H30N4O2. The summed E-state index contributed by atoms with van der Waals surface area (Å²) >= 11 is 0. The van der Waals surface area contributed by atoms with E-state index in [0.29, 0.717) is 5.71 Å². The summed E-state index contributed by atoms with van der Waals surface area (Å²) in [6, 6.07) is 54.7. The van der Waals surface area contributed by atoms with Crippen LogP contribution in [0.2, 0.25) is 0 Å². The first-order valence-corrected chi connectivity index (χ1v) is 17.6. The number of amidine groups is 1. The first-order valence-electron chi connectivity index (χ1n) is 17.6. The molecule has 6 nitrogen and oxygen atoms in total. The topological polar surface area (TPSA) is 75.6 Å². The fraction of sp³-hybridized carbons (Fsp3) is 0.0435. The van der Waals surface area contributed by atoms with Crippen LogP contribution >= 0.6 is 0 Å². The van der Waals surface area contributed by atoms with Crippen molar-refractivity contribution in [3.05, 3.63) is 174 Å². The van der Waals surface area contributed by atoms with Crippen molar-refractivity contribution in [1.82, 2.24) is 15.6 Å². The summed E-state index contributed by atoms with van der Waals surface area (Å²) in [5, 5.41) is 15.3. The Hall–Kier alpha value is -6.76. The lowest BCUT2D eigenvalue weighted by Crippen LogP contribution is -2.45. The van der Waals surface area contributed by atoms with Gasteiger partial charge in [0.1, 0.15) is 34.9 Å². The second-order valence-electron chi connectivity index (χ2n) is 13.4. The number of furan rings is 2. The zero-order valence-electron chi connectivity index (χ0n) is 27.9. The highest BCUT2D eigenvalue weighted by Crippen LogP contribution is 2.43. The number of rotatable bonds is 4. The Morgan fingerprint density at radius 1 is 0.500 bits per heavy atom. The monoisotopic (exact) mass is 670 g/mol. The second kappa shape index (κ2) is 11.4. The Bertz CT molecular complexity index is 3050. The van der Waals surface area contributed by atoms with Gasteiger partial charge in [-0.25, -0.2) is 9.98 Å². The Balaban J connectivity index is 1.16. The molecule has 1 aliphatic rings. The molecule has 2 N–H and O–H groups in total. The number of aromatic nitrogens is 1. The molecule has 0 fully saturated rings. The molecule has 52 heavy (non-hydrogen) atoms. The summed E-state index contributed by atoms with van der Waals surface area (Å²) in [6.45, 7) is 0. The van der Waals surface area contributed by atoms with Gasteiger partial charge >= 0.3 is 0 Å². The van der Waals surface area contributed by atoms with Crippen molar-refractivity contribution in [2.75, 3.05) is 0 Å². The zero-order chi connectivity index (χ0) is 34.2. The van der Waals surface area contributed by atoms with Gasteiger partial charge in [-0.15, -0.1) is 0 Å². The molecule has 3 aromatic heterocycles. The van der Waals surface area contributed by atoms with E-state index in [9.17, 15) is 0 Å². The van der Waals surface area contributed by atoms with Crippen molar-refractivity contribution in [3.63, 3.8) is 0 Å². The Morgan fingerprint density at radius 3 is 2.10 bits per heavy atom. The van der Waals surface area contributed by atoms with Crippen molar-refractivity contribution in [2.24, 2.45) is 4.99 Å². The molecule has 7 aromatic carbocycles. The average Bonchev–Trinajstić information content (AvgIpc) is 3.77. The third-order valence-electron chi connectivity index (χ3n) is 10.4. The molecule has 0 saturated heterocycles. The molecule has 2 atom stereocenters. The SMILES string of the molecule is c1ccc(C2=NC(c3cc4ccccc4cc3-c3cccc4oc5nc6ccccc6cc5c34)NC(c3cccc4oc5ccccc5c34)N2)cc1. The van der Waals surface area contributed by atoms with Crippen LogP contribution in [0.3, 0.4) is 0 Å². The normalized spacial score (nSPS) is 16.3. The Labute approximate surface area is 298 Å². The molecule has 0 bridgehead atoms. The molecule has 0 radical (unpaired) electrons. The molecule has 0 amide bonds. The summed E-state index contributed by atoms with van der Waals surface area (Å²) in [5.41, 5.74) is 9.42. The molecule has 10 aromatic rings. The first kappa shape index (κ1) is 29.0. The van der Waals surface area contributed by atoms with E-state index in [-0.39, 0.29) is 6.17 Å². The number of para-hydroxylation sites is 2. The smallest absolute Gasteiger partial charge is 0.227 e. The van der Waals surface area contributed by atoms with Gasteiger partial charge in [0, 0.05) is 38.1 Å². The highest BCUT2D eigenvalue weighted by Gasteiger charge is 2.30. The van der Waals surface area contributed by atoms with Crippen LogP contribution in [-0.2, 0) is 0 Å². The van der Waals surface area contributed by atoms with Gasteiger partial charge < -0.3 is 14.2 Å². The number of benzene rings is 7. The molecule has 246 valence electrons. The van der Waals surface area contributed by atoms with E-state index in [0.717, 1.165) is 93.6 Å². The van der Waals surface area contributed by atoms with E-state index in [1.807, 2.05) is 42.5 Å². The molecule has 6 heteroatoms. The first-order chi connectivity index (χ1) is 25.7. The number of hydrogen-bond donors (Lipinski definition) is 2. The number of fused-ring (bicyclic) bond motifs is 8. The number of nitrogens with zero attached hydrogens (tertiary/aromatic N) is 2. The maximum absolute atomic E-state index is 6.44. The van der Waals surface area contributed by atoms with Crippen LogP contribution in [0.5, 0.6) is 0 Å². The molecule has 0 aliphatic carbocycles. The zero-order valence-corrected chi connectivity index (χ0v) is 27.9. The van der Waals surface area contributed by atoms with Gasteiger partial charge in [0.15, 0.2) is 0 Å². The largest absolute Gasteiger partial charge is 0.456 e. The molecule has 4 heterocycles. The number of aliphatic imine (C=N–C) groups is 1. The maximum Gasteiger partial charge on any atom is 0.227 e. The van der Waals surface area contributed by atoms with Crippen LogP contribution in [0.15, 0.2) is 172 Å². The number of pyridine rings is 1. The van der Waals surface area contributed by atoms with Crippen LogP contribution in [0.4, 0.5) is 0 Å². The van der Waals surface area contributed by atoms with Gasteiger partial charge in [-0.05, 0) is 69.9 Å². The minimum absolute atomic E-state index is 0.275. The van der Waals surface area contributed by atoms with E-state index >= 15 is 0 Å². The summed E-state index contributed by atoms with van der Waals surface area (Å²) in [5.74, 6) is 0.820. The van der Waals surface area contributed by atoms with E-state index in [2.05, 4.69) is 126 Å². The summed E-state index contributed by atoms with van der Waals surface area (Å²) in [6.07, 6.45) is -0.676. The predicted octanol–water partition coefficient (Wildman–Crippen LogP) is 11.2. The van der Waals surface area contributed by atoms with Crippen LogP contribution in [0, 0.1) is 0 Å². The van der Waals surface area contributed by atoms with Gasteiger partial charge in [-0.1, -0.05) is 115 Å². The van der Waals surface area contributed by atoms with Crippen molar-refractivity contribution in [1.29, 1.82) is 0 Å². The molecule has 1 aliphatic heterocycles. The van der Waals surface area contributed by atoms with Gasteiger partial charge in [0.25, 0.3) is 0 Å². The summed E-state index contributed by atoms with van der Waals surface area (Å²) in [7, 11) is 0. The maximum atomic E-state index is 6.44. The third-order valence-corrected chi connectivity index (χ3v) is 10.4. The Kier molecular flexibility index (Phi) is 6.35. The quantitative estimate of drug-likeness (QED) is 0.195. The van der Waals surface area contributed by atoms with Gasteiger partial charge in [0.05, 0.1) is 5.52 Å². The highest BCUT2D eigenvalue weighted by atomic mass is 16.3. The minimum Gasteiger partial charge on any atom is -0.456 e. The number of hydrogen-bond acceptors (Lipinski definition) is 6. The summed E-state index contributed by atoms with van der Waals surface area (Å²) in [4.78, 5) is 10.4. The van der Waals surface area contributed by atoms with Gasteiger partial charge in [-0.3, -0.25) is 5.32 Å². The molecular weight excluding hydrogens is 641 g/mol. The third kappa shape index (κ3) is 4.55.